The molecule has 1 heteroatoms. The molecule has 0 nitrogen and oxygen atoms in total. The van der Waals surface area contributed by atoms with Crippen LogP contribution in [0.15, 0.2) is 28.7 Å². The molecule has 80 valence electrons. The minimum Gasteiger partial charge on any atom is -0.103 e. The number of halogens is 1. The molecule has 0 aromatic heterocycles. The molecule has 0 aliphatic rings. The van der Waals surface area contributed by atoms with E-state index < -0.39 is 0 Å². The van der Waals surface area contributed by atoms with Gasteiger partial charge in [-0.15, -0.1) is 5.92 Å². The van der Waals surface area contributed by atoms with E-state index >= 15 is 0 Å². The number of rotatable bonds is 2. The Hall–Kier alpha value is -0.740. The second-order valence-electron chi connectivity index (χ2n) is 3.81. The van der Waals surface area contributed by atoms with Crippen LogP contribution < -0.4 is 0 Å². The Balaban J connectivity index is 2.80. The summed E-state index contributed by atoms with van der Waals surface area (Å²) < 4.78 is 1.14. The van der Waals surface area contributed by atoms with Crippen molar-refractivity contribution >= 4 is 15.9 Å². The van der Waals surface area contributed by atoms with Crippen molar-refractivity contribution in [1.82, 2.24) is 0 Å². The quantitative estimate of drug-likeness (QED) is 0.685. The van der Waals surface area contributed by atoms with Crippen molar-refractivity contribution < 1.29 is 0 Å². The van der Waals surface area contributed by atoms with E-state index in [2.05, 4.69) is 72.8 Å². The van der Waals surface area contributed by atoms with Crippen molar-refractivity contribution in [2.24, 2.45) is 5.92 Å². The van der Waals surface area contributed by atoms with E-state index in [0.29, 0.717) is 11.8 Å². The Kier molecular flexibility index (Phi) is 4.91. The molecule has 0 bridgehead atoms. The molecule has 0 saturated heterocycles. The van der Waals surface area contributed by atoms with Crippen LogP contribution >= 0.6 is 15.9 Å². The molecule has 2 unspecified atom stereocenters. The molecule has 0 heterocycles. The first-order valence-electron chi connectivity index (χ1n) is 5.39. The molecule has 15 heavy (non-hydrogen) atoms. The van der Waals surface area contributed by atoms with E-state index in [-0.39, 0.29) is 0 Å². The van der Waals surface area contributed by atoms with Crippen molar-refractivity contribution in [3.8, 4) is 11.8 Å². The minimum atomic E-state index is 0.416. The van der Waals surface area contributed by atoms with Gasteiger partial charge in [0.2, 0.25) is 0 Å². The van der Waals surface area contributed by atoms with Gasteiger partial charge < -0.3 is 0 Å². The summed E-state index contributed by atoms with van der Waals surface area (Å²) in [5, 5.41) is 0. The maximum Gasteiger partial charge on any atom is 0.0240 e. The maximum atomic E-state index is 3.50. The van der Waals surface area contributed by atoms with Gasteiger partial charge in [0.1, 0.15) is 0 Å². The van der Waals surface area contributed by atoms with Crippen LogP contribution in [0, 0.1) is 17.8 Å². The summed E-state index contributed by atoms with van der Waals surface area (Å²) >= 11 is 3.50. The van der Waals surface area contributed by atoms with Gasteiger partial charge in [0.15, 0.2) is 0 Å². The van der Waals surface area contributed by atoms with E-state index in [1.54, 1.807) is 0 Å². The average Bonchev–Trinajstić information content (AvgIpc) is 2.24. The molecule has 1 aromatic carbocycles. The van der Waals surface area contributed by atoms with Crippen molar-refractivity contribution in [1.29, 1.82) is 0 Å². The third-order valence-corrected chi connectivity index (χ3v) is 3.12. The molecule has 1 aromatic rings. The first-order chi connectivity index (χ1) is 7.15. The molecular weight excluding hydrogens is 248 g/mol. The average molecular weight is 265 g/mol. The van der Waals surface area contributed by atoms with Crippen LogP contribution in [0.4, 0.5) is 0 Å². The highest BCUT2D eigenvalue weighted by Crippen LogP contribution is 2.25. The minimum absolute atomic E-state index is 0.416. The highest BCUT2D eigenvalue weighted by Gasteiger charge is 2.11. The predicted molar refractivity (Wildman–Crippen MR) is 69.8 cm³/mol. The van der Waals surface area contributed by atoms with E-state index in [4.69, 9.17) is 0 Å². The Morgan fingerprint density at radius 2 is 2.07 bits per heavy atom. The summed E-state index contributed by atoms with van der Waals surface area (Å²) in [6, 6.07) is 8.48. The van der Waals surface area contributed by atoms with E-state index in [1.165, 1.54) is 5.56 Å². The third-order valence-electron chi connectivity index (χ3n) is 2.63. The van der Waals surface area contributed by atoms with Crippen LogP contribution in [0.3, 0.4) is 0 Å². The Morgan fingerprint density at radius 1 is 1.33 bits per heavy atom. The van der Waals surface area contributed by atoms with Crippen molar-refractivity contribution in [2.75, 3.05) is 0 Å². The molecule has 0 saturated carbocycles. The lowest BCUT2D eigenvalue weighted by atomic mass is 9.89. The van der Waals surface area contributed by atoms with Gasteiger partial charge in [-0.3, -0.25) is 0 Å². The fourth-order valence-electron chi connectivity index (χ4n) is 1.47. The first kappa shape index (κ1) is 12.3. The number of hydrogen-bond donors (Lipinski definition) is 0. The standard InChI is InChI=1S/C14H17Br/c1-4-5-7-11(2)12(3)13-8-6-9-14(15)10-13/h6,8-12H,4H2,1-3H3. The molecule has 2 atom stereocenters. The van der Waals surface area contributed by atoms with Crippen LogP contribution in [0.25, 0.3) is 0 Å². The Bertz CT molecular complexity index is 370. The zero-order valence-electron chi connectivity index (χ0n) is 9.55. The molecular formula is C14H17Br. The largest absolute Gasteiger partial charge is 0.103 e. The zero-order valence-corrected chi connectivity index (χ0v) is 11.1. The van der Waals surface area contributed by atoms with Crippen LogP contribution in [-0.2, 0) is 0 Å². The summed E-state index contributed by atoms with van der Waals surface area (Å²) in [5.41, 5.74) is 1.35. The predicted octanol–water partition coefficient (Wildman–Crippen LogP) is 4.60. The summed E-state index contributed by atoms with van der Waals surface area (Å²) in [6.07, 6.45) is 0.940. The van der Waals surface area contributed by atoms with Gasteiger partial charge >= 0.3 is 0 Å². The van der Waals surface area contributed by atoms with Gasteiger partial charge in [0.05, 0.1) is 0 Å². The van der Waals surface area contributed by atoms with Crippen LogP contribution in [0.5, 0.6) is 0 Å². The van der Waals surface area contributed by atoms with Crippen LogP contribution in [0.2, 0.25) is 0 Å². The summed E-state index contributed by atoms with van der Waals surface area (Å²) in [4.78, 5) is 0. The molecule has 0 N–H and O–H groups in total. The second-order valence-corrected chi connectivity index (χ2v) is 4.72. The third kappa shape index (κ3) is 3.72. The maximum absolute atomic E-state index is 3.50. The van der Waals surface area contributed by atoms with Crippen molar-refractivity contribution in [2.45, 2.75) is 33.1 Å². The fourth-order valence-corrected chi connectivity index (χ4v) is 1.88. The topological polar surface area (TPSA) is 0 Å². The Morgan fingerprint density at radius 3 is 2.67 bits per heavy atom. The summed E-state index contributed by atoms with van der Waals surface area (Å²) in [5.74, 6) is 7.34. The van der Waals surface area contributed by atoms with Crippen molar-refractivity contribution in [3.05, 3.63) is 34.3 Å². The monoisotopic (exact) mass is 264 g/mol. The lowest BCUT2D eigenvalue weighted by Gasteiger charge is -2.15. The number of benzene rings is 1. The molecule has 0 radical (unpaired) electrons. The van der Waals surface area contributed by atoms with Gasteiger partial charge in [0, 0.05) is 16.8 Å². The molecule has 0 aliphatic heterocycles. The van der Waals surface area contributed by atoms with E-state index in [1.807, 2.05) is 0 Å². The van der Waals surface area contributed by atoms with Gasteiger partial charge in [-0.2, -0.15) is 0 Å². The molecule has 0 amide bonds. The molecule has 0 fully saturated rings. The van der Waals surface area contributed by atoms with Gasteiger partial charge in [-0.1, -0.05) is 54.8 Å². The van der Waals surface area contributed by atoms with Crippen LogP contribution in [0.1, 0.15) is 38.7 Å². The van der Waals surface area contributed by atoms with Gasteiger partial charge in [-0.05, 0) is 23.6 Å². The first-order valence-corrected chi connectivity index (χ1v) is 6.18. The fraction of sp³-hybridized carbons (Fsp3) is 0.429. The smallest absolute Gasteiger partial charge is 0.0240 e. The Labute approximate surface area is 101 Å². The lowest BCUT2D eigenvalue weighted by molar-refractivity contribution is 0.609. The normalized spacial score (nSPS) is 13.9. The SMILES string of the molecule is CCC#CC(C)C(C)c1cccc(Br)c1. The summed E-state index contributed by atoms with van der Waals surface area (Å²) in [6.45, 7) is 6.51. The van der Waals surface area contributed by atoms with Gasteiger partial charge in [0.25, 0.3) is 0 Å². The highest BCUT2D eigenvalue weighted by atomic mass is 79.9. The van der Waals surface area contributed by atoms with Gasteiger partial charge in [-0.25, -0.2) is 0 Å². The molecule has 0 spiro atoms. The lowest BCUT2D eigenvalue weighted by Crippen LogP contribution is -2.03. The van der Waals surface area contributed by atoms with Crippen LogP contribution in [-0.4, -0.2) is 0 Å². The van der Waals surface area contributed by atoms with Crippen molar-refractivity contribution in [3.63, 3.8) is 0 Å². The molecule has 0 aliphatic carbocycles. The zero-order chi connectivity index (χ0) is 11.3. The van der Waals surface area contributed by atoms with E-state index in [0.717, 1.165) is 10.9 Å². The number of hydrogen-bond acceptors (Lipinski definition) is 0. The molecule has 1 rings (SSSR count). The second kappa shape index (κ2) is 5.98. The van der Waals surface area contributed by atoms with E-state index in [9.17, 15) is 0 Å². The highest BCUT2D eigenvalue weighted by molar-refractivity contribution is 9.10. The summed E-state index contributed by atoms with van der Waals surface area (Å²) in [7, 11) is 0.